The molecule has 21 heavy (non-hydrogen) atoms. The summed E-state index contributed by atoms with van der Waals surface area (Å²) in [7, 11) is 0. The normalized spacial score (nSPS) is 35.6. The van der Waals surface area contributed by atoms with Gasteiger partial charge < -0.3 is 4.90 Å². The fourth-order valence-corrected chi connectivity index (χ4v) is 4.44. The highest BCUT2D eigenvalue weighted by molar-refractivity contribution is 6.19. The second-order valence-electron chi connectivity index (χ2n) is 6.88. The minimum Gasteiger partial charge on any atom is -0.300 e. The van der Waals surface area contributed by atoms with E-state index in [1.54, 1.807) is 0 Å². The van der Waals surface area contributed by atoms with Crippen LogP contribution in [0.25, 0.3) is 0 Å². The predicted octanol–water partition coefficient (Wildman–Crippen LogP) is 0.862. The van der Waals surface area contributed by atoms with Gasteiger partial charge in [-0.3, -0.25) is 19.8 Å². The van der Waals surface area contributed by atoms with Crippen LogP contribution in [0.2, 0.25) is 0 Å². The Hall–Kier alpha value is -1.43. The first-order chi connectivity index (χ1) is 10.1. The lowest BCUT2D eigenvalue weighted by Gasteiger charge is -2.48. The van der Waals surface area contributed by atoms with Crippen LogP contribution in [0.4, 0.5) is 4.79 Å². The van der Waals surface area contributed by atoms with Crippen LogP contribution in [-0.4, -0.2) is 52.8 Å². The molecule has 2 atom stereocenters. The molecule has 6 heteroatoms. The van der Waals surface area contributed by atoms with Gasteiger partial charge in [0.1, 0.15) is 5.41 Å². The lowest BCUT2D eigenvalue weighted by Crippen LogP contribution is -2.69. The molecule has 0 radical (unpaired) electrons. The molecule has 3 heterocycles. The zero-order chi connectivity index (χ0) is 14.6. The molecule has 114 valence electrons. The van der Waals surface area contributed by atoms with Crippen LogP contribution in [0.15, 0.2) is 0 Å². The first kappa shape index (κ1) is 13.2. The maximum atomic E-state index is 12.8. The highest BCUT2D eigenvalue weighted by atomic mass is 16.2. The summed E-state index contributed by atoms with van der Waals surface area (Å²) in [6, 6.07) is -0.0410. The Kier molecular flexibility index (Phi) is 2.86. The Morgan fingerprint density at radius 2 is 1.81 bits per heavy atom. The minimum atomic E-state index is -0.930. The molecule has 0 bridgehead atoms. The van der Waals surface area contributed by atoms with E-state index in [0.29, 0.717) is 18.9 Å². The van der Waals surface area contributed by atoms with Gasteiger partial charge >= 0.3 is 6.03 Å². The molecule has 2 unspecified atom stereocenters. The number of urea groups is 1. The largest absolute Gasteiger partial charge is 0.331 e. The first-order valence-corrected chi connectivity index (χ1v) is 8.05. The highest BCUT2D eigenvalue weighted by Gasteiger charge is 2.58. The maximum Gasteiger partial charge on any atom is 0.331 e. The molecule has 1 aliphatic carbocycles. The highest BCUT2D eigenvalue weighted by Crippen LogP contribution is 2.45. The van der Waals surface area contributed by atoms with E-state index in [9.17, 15) is 14.4 Å². The van der Waals surface area contributed by atoms with E-state index in [4.69, 9.17) is 0 Å². The van der Waals surface area contributed by atoms with Crippen LogP contribution in [0, 0.1) is 5.41 Å². The van der Waals surface area contributed by atoms with Crippen molar-refractivity contribution in [2.45, 2.75) is 57.0 Å². The Morgan fingerprint density at radius 1 is 1.00 bits per heavy atom. The zero-order valence-electron chi connectivity index (χ0n) is 12.1. The topological polar surface area (TPSA) is 69.7 Å². The summed E-state index contributed by atoms with van der Waals surface area (Å²) >= 11 is 0. The second kappa shape index (κ2) is 4.53. The second-order valence-corrected chi connectivity index (χ2v) is 6.88. The van der Waals surface area contributed by atoms with Gasteiger partial charge in [-0.1, -0.05) is 6.42 Å². The van der Waals surface area contributed by atoms with Crippen LogP contribution in [0.3, 0.4) is 0 Å². The average Bonchev–Trinajstić information content (AvgIpc) is 2.84. The van der Waals surface area contributed by atoms with E-state index in [1.165, 1.54) is 11.3 Å². The predicted molar refractivity (Wildman–Crippen MR) is 74.3 cm³/mol. The van der Waals surface area contributed by atoms with E-state index in [0.717, 1.165) is 38.8 Å². The van der Waals surface area contributed by atoms with Gasteiger partial charge in [0.15, 0.2) is 0 Å². The molecule has 1 spiro atoms. The van der Waals surface area contributed by atoms with Crippen molar-refractivity contribution in [3.05, 3.63) is 0 Å². The molecule has 4 amide bonds. The number of nitrogens with one attached hydrogen (secondary N) is 1. The van der Waals surface area contributed by atoms with Crippen molar-refractivity contribution in [2.24, 2.45) is 5.41 Å². The number of fused-ring (bicyclic) bond motifs is 1. The molecule has 1 saturated carbocycles. The molecule has 3 saturated heterocycles. The van der Waals surface area contributed by atoms with Crippen LogP contribution < -0.4 is 5.32 Å². The minimum absolute atomic E-state index is 0.0394. The van der Waals surface area contributed by atoms with E-state index in [-0.39, 0.29) is 17.9 Å². The van der Waals surface area contributed by atoms with Gasteiger partial charge in [-0.25, -0.2) is 4.79 Å². The van der Waals surface area contributed by atoms with Crippen molar-refractivity contribution in [2.75, 3.05) is 13.1 Å². The van der Waals surface area contributed by atoms with Crippen LogP contribution >= 0.6 is 0 Å². The van der Waals surface area contributed by atoms with Gasteiger partial charge in [-0.05, 0) is 45.1 Å². The summed E-state index contributed by atoms with van der Waals surface area (Å²) in [6.45, 7) is 2.09. The van der Waals surface area contributed by atoms with Gasteiger partial charge in [0.25, 0.3) is 0 Å². The fraction of sp³-hybridized carbons (Fsp3) is 0.800. The summed E-state index contributed by atoms with van der Waals surface area (Å²) in [4.78, 5) is 40.9. The number of imide groups is 2. The number of hydrogen-bond donors (Lipinski definition) is 1. The molecule has 4 aliphatic rings. The summed E-state index contributed by atoms with van der Waals surface area (Å²) < 4.78 is 0. The van der Waals surface area contributed by atoms with E-state index < -0.39 is 11.4 Å². The van der Waals surface area contributed by atoms with E-state index >= 15 is 0 Å². The zero-order valence-corrected chi connectivity index (χ0v) is 12.1. The third-order valence-electron chi connectivity index (χ3n) is 5.87. The van der Waals surface area contributed by atoms with Crippen LogP contribution in [0.1, 0.15) is 44.9 Å². The molecular formula is C15H21N3O3. The van der Waals surface area contributed by atoms with Crippen molar-refractivity contribution in [1.29, 1.82) is 0 Å². The lowest BCUT2D eigenvalue weighted by atomic mass is 9.66. The molecule has 1 N–H and O–H groups in total. The third-order valence-corrected chi connectivity index (χ3v) is 5.87. The molecule has 3 aliphatic heterocycles. The van der Waals surface area contributed by atoms with Gasteiger partial charge in [0, 0.05) is 18.6 Å². The Balaban J connectivity index is 1.57. The van der Waals surface area contributed by atoms with E-state index in [1.807, 2.05) is 0 Å². The van der Waals surface area contributed by atoms with Gasteiger partial charge in [-0.2, -0.15) is 0 Å². The van der Waals surface area contributed by atoms with Gasteiger partial charge in [0.05, 0.1) is 0 Å². The summed E-state index contributed by atoms with van der Waals surface area (Å²) in [5.74, 6) is -0.614. The summed E-state index contributed by atoms with van der Waals surface area (Å²) in [5, 5.41) is 2.42. The number of carbonyl (C=O) groups is 3. The SMILES string of the molecule is O=C1NC(=O)C2(CCC2)C(=O)N1C1CCN2CCCC2C1. The van der Waals surface area contributed by atoms with Crippen molar-refractivity contribution in [3.8, 4) is 0 Å². The molecule has 0 aromatic rings. The van der Waals surface area contributed by atoms with Gasteiger partial charge in [0.2, 0.25) is 11.8 Å². The van der Waals surface area contributed by atoms with Crippen molar-refractivity contribution >= 4 is 17.8 Å². The number of nitrogens with zero attached hydrogens (tertiary/aromatic N) is 2. The summed E-state index contributed by atoms with van der Waals surface area (Å²) in [6.07, 6.45) is 6.13. The Labute approximate surface area is 123 Å². The first-order valence-electron chi connectivity index (χ1n) is 8.05. The molecule has 6 nitrogen and oxygen atoms in total. The Bertz CT molecular complexity index is 514. The number of rotatable bonds is 1. The van der Waals surface area contributed by atoms with Crippen molar-refractivity contribution in [3.63, 3.8) is 0 Å². The average molecular weight is 291 g/mol. The number of amides is 4. The van der Waals surface area contributed by atoms with Gasteiger partial charge in [-0.15, -0.1) is 0 Å². The maximum absolute atomic E-state index is 12.8. The lowest BCUT2D eigenvalue weighted by molar-refractivity contribution is -0.160. The van der Waals surface area contributed by atoms with Crippen LogP contribution in [0.5, 0.6) is 0 Å². The molecular weight excluding hydrogens is 270 g/mol. The third kappa shape index (κ3) is 1.78. The van der Waals surface area contributed by atoms with Crippen molar-refractivity contribution in [1.82, 2.24) is 15.1 Å². The monoisotopic (exact) mass is 291 g/mol. The number of carbonyl (C=O) groups excluding carboxylic acids is 3. The van der Waals surface area contributed by atoms with Crippen molar-refractivity contribution < 1.29 is 14.4 Å². The Morgan fingerprint density at radius 3 is 2.52 bits per heavy atom. The standard InChI is InChI=1S/C15H21N3O3/c19-12-15(5-2-6-15)13(20)18(14(21)16-12)11-4-8-17-7-1-3-10(17)9-11/h10-11H,1-9H2,(H,16,19,21). The fourth-order valence-electron chi connectivity index (χ4n) is 4.44. The smallest absolute Gasteiger partial charge is 0.300 e. The van der Waals surface area contributed by atoms with Crippen LogP contribution in [-0.2, 0) is 9.59 Å². The molecule has 4 rings (SSSR count). The summed E-state index contributed by atoms with van der Waals surface area (Å²) in [5.41, 5.74) is -0.930. The number of hydrogen-bond acceptors (Lipinski definition) is 4. The number of piperidine rings is 1. The number of barbiturate groups is 1. The molecule has 0 aromatic carbocycles. The molecule has 0 aromatic heterocycles. The molecule has 4 fully saturated rings. The van der Waals surface area contributed by atoms with E-state index in [2.05, 4.69) is 10.2 Å². The quantitative estimate of drug-likeness (QED) is 0.728.